The van der Waals surface area contributed by atoms with Crippen molar-refractivity contribution in [2.45, 2.75) is 30.5 Å². The lowest BCUT2D eigenvalue weighted by atomic mass is 10.1. The third-order valence-electron chi connectivity index (χ3n) is 5.67. The highest BCUT2D eigenvalue weighted by Gasteiger charge is 2.36. The summed E-state index contributed by atoms with van der Waals surface area (Å²) in [6.45, 7) is 0.948. The zero-order valence-electron chi connectivity index (χ0n) is 19.3. The first-order valence-corrected chi connectivity index (χ1v) is 12.8. The summed E-state index contributed by atoms with van der Waals surface area (Å²) >= 11 is 5.85. The van der Waals surface area contributed by atoms with Crippen LogP contribution in [0.4, 0.5) is 24.5 Å². The standard InChI is InChI=1S/C25H20ClF3N2O5S/c1-15-11-16-5-2-3-8-22(16)31(15)37(34,35)19-7-4-6-17(12-19)24(33)36-14-23(32)30-21-13-18(25(27,28)29)9-10-20(21)26/h2-10,12-13,15H,11,14H2,1H3,(H,30,32)/t15-/m1/s1. The van der Waals surface area contributed by atoms with Crippen LogP contribution in [-0.2, 0) is 32.2 Å². The number of sulfonamides is 1. The Morgan fingerprint density at radius 1 is 1.08 bits per heavy atom. The molecule has 0 aliphatic carbocycles. The number of carbonyl (C=O) groups is 2. The Hall–Kier alpha value is -3.57. The molecule has 37 heavy (non-hydrogen) atoms. The highest BCUT2D eigenvalue weighted by atomic mass is 35.5. The number of ether oxygens (including phenoxy) is 1. The molecule has 0 spiro atoms. The van der Waals surface area contributed by atoms with Gasteiger partial charge in [0, 0.05) is 6.04 Å². The molecule has 1 amide bonds. The third-order valence-corrected chi connectivity index (χ3v) is 7.93. The number of hydrogen-bond donors (Lipinski definition) is 1. The lowest BCUT2D eigenvalue weighted by Crippen LogP contribution is -2.35. The molecule has 0 saturated heterocycles. The average Bonchev–Trinajstić information content (AvgIpc) is 3.19. The molecule has 0 bridgehead atoms. The molecule has 0 radical (unpaired) electrons. The zero-order valence-corrected chi connectivity index (χ0v) is 20.8. The van der Waals surface area contributed by atoms with Gasteiger partial charge in [-0.05, 0) is 61.4 Å². The number of halogens is 4. The molecular formula is C25H20ClF3N2O5S. The molecule has 1 aliphatic rings. The van der Waals surface area contributed by atoms with E-state index in [-0.39, 0.29) is 27.2 Å². The van der Waals surface area contributed by atoms with Gasteiger partial charge in [0.25, 0.3) is 15.9 Å². The van der Waals surface area contributed by atoms with Gasteiger partial charge in [-0.3, -0.25) is 9.10 Å². The minimum Gasteiger partial charge on any atom is -0.452 e. The van der Waals surface area contributed by atoms with Crippen molar-refractivity contribution in [3.8, 4) is 0 Å². The fraction of sp³-hybridized carbons (Fsp3) is 0.200. The maximum atomic E-state index is 13.4. The molecule has 1 heterocycles. The predicted octanol–water partition coefficient (Wildman–Crippen LogP) is 5.29. The second-order valence-electron chi connectivity index (χ2n) is 8.33. The van der Waals surface area contributed by atoms with Gasteiger partial charge in [-0.15, -0.1) is 0 Å². The van der Waals surface area contributed by atoms with Crippen LogP contribution in [-0.4, -0.2) is 32.9 Å². The van der Waals surface area contributed by atoms with Crippen molar-refractivity contribution < 1.29 is 35.9 Å². The number of nitrogens with zero attached hydrogens (tertiary/aromatic N) is 1. The quantitative estimate of drug-likeness (QED) is 0.419. The molecular weight excluding hydrogens is 533 g/mol. The van der Waals surface area contributed by atoms with Crippen molar-refractivity contribution in [3.05, 3.63) is 88.4 Å². The van der Waals surface area contributed by atoms with E-state index in [2.05, 4.69) is 5.32 Å². The highest BCUT2D eigenvalue weighted by Crippen LogP contribution is 2.37. The summed E-state index contributed by atoms with van der Waals surface area (Å²) in [6, 6.07) is 14.4. The Morgan fingerprint density at radius 3 is 2.54 bits per heavy atom. The lowest BCUT2D eigenvalue weighted by Gasteiger charge is -2.24. The number of anilines is 2. The maximum Gasteiger partial charge on any atom is 0.416 e. The molecule has 3 aromatic rings. The van der Waals surface area contributed by atoms with Crippen molar-refractivity contribution in [3.63, 3.8) is 0 Å². The van der Waals surface area contributed by atoms with Crippen molar-refractivity contribution in [2.75, 3.05) is 16.2 Å². The predicted molar refractivity (Wildman–Crippen MR) is 131 cm³/mol. The molecule has 0 unspecified atom stereocenters. The number of carbonyl (C=O) groups excluding carboxylic acids is 2. The monoisotopic (exact) mass is 552 g/mol. The number of fused-ring (bicyclic) bond motifs is 1. The number of alkyl halides is 3. The van der Waals surface area contributed by atoms with Crippen LogP contribution in [0.15, 0.2) is 71.6 Å². The molecule has 0 fully saturated rings. The Kier molecular flexibility index (Phi) is 7.20. The van der Waals surface area contributed by atoms with Crippen LogP contribution >= 0.6 is 11.6 Å². The lowest BCUT2D eigenvalue weighted by molar-refractivity contribution is -0.137. The number of para-hydroxylation sites is 1. The Labute approximate surface area is 215 Å². The molecule has 1 N–H and O–H groups in total. The number of amides is 1. The van der Waals surface area contributed by atoms with Gasteiger partial charge in [0.05, 0.1) is 32.4 Å². The van der Waals surface area contributed by atoms with Crippen LogP contribution in [0.3, 0.4) is 0 Å². The maximum absolute atomic E-state index is 13.4. The topological polar surface area (TPSA) is 92.8 Å². The van der Waals surface area contributed by atoms with Crippen LogP contribution in [0.5, 0.6) is 0 Å². The van der Waals surface area contributed by atoms with Gasteiger partial charge in [0.15, 0.2) is 6.61 Å². The van der Waals surface area contributed by atoms with Crippen LogP contribution in [0.2, 0.25) is 5.02 Å². The largest absolute Gasteiger partial charge is 0.452 e. The van der Waals surface area contributed by atoms with Crippen LogP contribution < -0.4 is 9.62 Å². The van der Waals surface area contributed by atoms with Gasteiger partial charge in [-0.25, -0.2) is 13.2 Å². The Bertz CT molecular complexity index is 1480. The molecule has 3 aromatic carbocycles. The van der Waals surface area contributed by atoms with Crippen molar-refractivity contribution in [2.24, 2.45) is 0 Å². The average molecular weight is 553 g/mol. The minimum atomic E-state index is -4.64. The first-order valence-electron chi connectivity index (χ1n) is 10.9. The van der Waals surface area contributed by atoms with Crippen molar-refractivity contribution in [1.82, 2.24) is 0 Å². The van der Waals surface area contributed by atoms with E-state index >= 15 is 0 Å². The number of benzene rings is 3. The van der Waals surface area contributed by atoms with Gasteiger partial charge < -0.3 is 10.1 Å². The minimum absolute atomic E-state index is 0.119. The summed E-state index contributed by atoms with van der Waals surface area (Å²) in [5.41, 5.74) is 0.0165. The van der Waals surface area contributed by atoms with Crippen LogP contribution in [0, 0.1) is 0 Å². The summed E-state index contributed by atoms with van der Waals surface area (Å²) < 4.78 is 71.8. The molecule has 1 aliphatic heterocycles. The fourth-order valence-corrected chi connectivity index (χ4v) is 5.90. The smallest absolute Gasteiger partial charge is 0.416 e. The van der Waals surface area contributed by atoms with E-state index in [1.807, 2.05) is 12.1 Å². The van der Waals surface area contributed by atoms with Crippen LogP contribution in [0.25, 0.3) is 0 Å². The van der Waals surface area contributed by atoms with E-state index in [9.17, 15) is 31.2 Å². The molecule has 0 saturated carbocycles. The Morgan fingerprint density at radius 2 is 1.81 bits per heavy atom. The highest BCUT2D eigenvalue weighted by molar-refractivity contribution is 7.92. The molecule has 194 valence electrons. The van der Waals surface area contributed by atoms with E-state index in [1.54, 1.807) is 19.1 Å². The Balaban J connectivity index is 1.46. The molecule has 1 atom stereocenters. The number of esters is 1. The second-order valence-corrected chi connectivity index (χ2v) is 10.5. The van der Waals surface area contributed by atoms with Gasteiger partial charge >= 0.3 is 12.1 Å². The summed E-state index contributed by atoms with van der Waals surface area (Å²) in [5.74, 6) is -1.92. The summed E-state index contributed by atoms with van der Waals surface area (Å²) in [4.78, 5) is 24.6. The first kappa shape index (κ1) is 26.5. The normalized spacial score (nSPS) is 15.3. The number of nitrogens with one attached hydrogen (secondary N) is 1. The molecule has 4 rings (SSSR count). The van der Waals surface area contributed by atoms with E-state index in [0.29, 0.717) is 18.2 Å². The number of rotatable bonds is 6. The second kappa shape index (κ2) is 10.1. The van der Waals surface area contributed by atoms with Gasteiger partial charge in [0.1, 0.15) is 0 Å². The van der Waals surface area contributed by atoms with E-state index in [1.165, 1.54) is 22.5 Å². The molecule has 0 aromatic heterocycles. The molecule has 7 nitrogen and oxygen atoms in total. The van der Waals surface area contributed by atoms with E-state index in [0.717, 1.165) is 23.8 Å². The van der Waals surface area contributed by atoms with Crippen LogP contribution in [0.1, 0.15) is 28.4 Å². The van der Waals surface area contributed by atoms with E-state index in [4.69, 9.17) is 16.3 Å². The summed E-state index contributed by atoms with van der Waals surface area (Å²) in [7, 11) is -4.01. The summed E-state index contributed by atoms with van der Waals surface area (Å²) in [5, 5.41) is 2.03. The van der Waals surface area contributed by atoms with Gasteiger partial charge in [0.2, 0.25) is 0 Å². The van der Waals surface area contributed by atoms with Gasteiger partial charge in [-0.2, -0.15) is 13.2 Å². The first-order chi connectivity index (χ1) is 17.4. The fourth-order valence-electron chi connectivity index (χ4n) is 4.00. The SMILES string of the molecule is C[C@@H]1Cc2ccccc2N1S(=O)(=O)c1cccc(C(=O)OCC(=O)Nc2cc(C(F)(F)F)ccc2Cl)c1. The zero-order chi connectivity index (χ0) is 27.0. The number of hydrogen-bond acceptors (Lipinski definition) is 5. The van der Waals surface area contributed by atoms with E-state index < -0.39 is 40.2 Å². The van der Waals surface area contributed by atoms with Crippen molar-refractivity contribution in [1.29, 1.82) is 0 Å². The summed E-state index contributed by atoms with van der Waals surface area (Å²) in [6.07, 6.45) is -4.10. The molecule has 12 heteroatoms. The van der Waals surface area contributed by atoms with Crippen molar-refractivity contribution >= 4 is 44.9 Å². The third kappa shape index (κ3) is 5.57. The van der Waals surface area contributed by atoms with Gasteiger partial charge in [-0.1, -0.05) is 35.9 Å².